The van der Waals surface area contributed by atoms with Crippen LogP contribution in [0.25, 0.3) is 0 Å². The Morgan fingerprint density at radius 3 is 2.78 bits per heavy atom. The van der Waals surface area contributed by atoms with Crippen LogP contribution in [0.5, 0.6) is 11.5 Å². The summed E-state index contributed by atoms with van der Waals surface area (Å²) in [5, 5.41) is 3.06. The molecule has 5 nitrogen and oxygen atoms in total. The molecular formula is C18H28N2O3. The molecule has 1 N–H and O–H groups in total. The lowest BCUT2D eigenvalue weighted by Crippen LogP contribution is -2.43. The minimum Gasteiger partial charge on any atom is -0.493 e. The maximum Gasteiger partial charge on any atom is 0.237 e. The van der Waals surface area contributed by atoms with Crippen LogP contribution >= 0.6 is 0 Å². The molecule has 2 rings (SSSR count). The fourth-order valence-electron chi connectivity index (χ4n) is 3.05. The van der Waals surface area contributed by atoms with Crippen LogP contribution in [-0.4, -0.2) is 44.2 Å². The molecule has 1 amide bonds. The molecule has 1 atom stereocenters. The number of likely N-dealkylation sites (tertiary alicyclic amines) is 1. The van der Waals surface area contributed by atoms with Crippen molar-refractivity contribution >= 4 is 5.91 Å². The van der Waals surface area contributed by atoms with Gasteiger partial charge in [-0.05, 0) is 50.0 Å². The SMILES string of the molecule is CCCCN1CCC[C@@H]1C(=O)NCc1ccc(OC)c(OC)c1. The minimum absolute atomic E-state index is 0.0293. The largest absolute Gasteiger partial charge is 0.493 e. The number of benzene rings is 1. The van der Waals surface area contributed by atoms with Gasteiger partial charge in [0, 0.05) is 6.54 Å². The van der Waals surface area contributed by atoms with Crippen LogP contribution in [-0.2, 0) is 11.3 Å². The highest BCUT2D eigenvalue weighted by Crippen LogP contribution is 2.27. The molecule has 5 heteroatoms. The van der Waals surface area contributed by atoms with Crippen molar-refractivity contribution in [1.29, 1.82) is 0 Å². The monoisotopic (exact) mass is 320 g/mol. The average Bonchev–Trinajstić information content (AvgIpc) is 3.06. The molecule has 0 radical (unpaired) electrons. The molecule has 23 heavy (non-hydrogen) atoms. The zero-order valence-electron chi connectivity index (χ0n) is 14.4. The molecule has 1 aromatic carbocycles. The third-order valence-electron chi connectivity index (χ3n) is 4.38. The summed E-state index contributed by atoms with van der Waals surface area (Å²) in [5.41, 5.74) is 1.01. The molecule has 0 saturated carbocycles. The quantitative estimate of drug-likeness (QED) is 0.800. The van der Waals surface area contributed by atoms with E-state index in [2.05, 4.69) is 17.1 Å². The highest BCUT2D eigenvalue weighted by atomic mass is 16.5. The van der Waals surface area contributed by atoms with E-state index in [1.807, 2.05) is 18.2 Å². The molecule has 1 fully saturated rings. The standard InChI is InChI=1S/C18H28N2O3/c1-4-5-10-20-11-6-7-15(20)18(21)19-13-14-8-9-16(22-2)17(12-14)23-3/h8-9,12,15H,4-7,10-11,13H2,1-3H3,(H,19,21)/t15-/m1/s1. The molecule has 0 aromatic heterocycles. The van der Waals surface area contributed by atoms with Crippen molar-refractivity contribution in [3.05, 3.63) is 23.8 Å². The first-order valence-electron chi connectivity index (χ1n) is 8.42. The lowest BCUT2D eigenvalue weighted by Gasteiger charge is -2.23. The van der Waals surface area contributed by atoms with Crippen molar-refractivity contribution in [3.8, 4) is 11.5 Å². The molecule has 128 valence electrons. The molecule has 0 unspecified atom stereocenters. The summed E-state index contributed by atoms with van der Waals surface area (Å²) >= 11 is 0. The summed E-state index contributed by atoms with van der Waals surface area (Å²) in [4.78, 5) is 14.8. The van der Waals surface area contributed by atoms with Crippen molar-refractivity contribution in [2.24, 2.45) is 0 Å². The number of amides is 1. The number of hydrogen-bond donors (Lipinski definition) is 1. The zero-order valence-corrected chi connectivity index (χ0v) is 14.4. The highest BCUT2D eigenvalue weighted by Gasteiger charge is 2.29. The van der Waals surface area contributed by atoms with Crippen molar-refractivity contribution in [1.82, 2.24) is 10.2 Å². The van der Waals surface area contributed by atoms with Gasteiger partial charge in [0.2, 0.25) is 5.91 Å². The van der Waals surface area contributed by atoms with Crippen LogP contribution in [0, 0.1) is 0 Å². The Morgan fingerprint density at radius 1 is 1.30 bits per heavy atom. The van der Waals surface area contributed by atoms with Crippen molar-refractivity contribution in [3.63, 3.8) is 0 Å². The Balaban J connectivity index is 1.91. The van der Waals surface area contributed by atoms with Crippen LogP contribution < -0.4 is 14.8 Å². The Morgan fingerprint density at radius 2 is 2.09 bits per heavy atom. The van der Waals surface area contributed by atoms with Crippen molar-refractivity contribution in [2.75, 3.05) is 27.3 Å². The van der Waals surface area contributed by atoms with Gasteiger partial charge in [-0.15, -0.1) is 0 Å². The van der Waals surface area contributed by atoms with Gasteiger partial charge in [0.25, 0.3) is 0 Å². The maximum atomic E-state index is 12.5. The molecule has 0 spiro atoms. The smallest absolute Gasteiger partial charge is 0.237 e. The first kappa shape index (κ1) is 17.6. The fourth-order valence-corrected chi connectivity index (χ4v) is 3.05. The minimum atomic E-state index is 0.0293. The number of carbonyl (C=O) groups is 1. The Hall–Kier alpha value is -1.75. The van der Waals surface area contributed by atoms with Gasteiger partial charge < -0.3 is 14.8 Å². The predicted molar refractivity (Wildman–Crippen MR) is 90.9 cm³/mol. The Bertz CT molecular complexity index is 519. The van der Waals surface area contributed by atoms with E-state index in [0.717, 1.165) is 44.3 Å². The lowest BCUT2D eigenvalue weighted by molar-refractivity contribution is -0.125. The van der Waals surface area contributed by atoms with E-state index in [4.69, 9.17) is 9.47 Å². The number of rotatable bonds is 8. The maximum absolute atomic E-state index is 12.5. The number of ether oxygens (including phenoxy) is 2. The second-order valence-electron chi connectivity index (χ2n) is 5.95. The number of methoxy groups -OCH3 is 2. The highest BCUT2D eigenvalue weighted by molar-refractivity contribution is 5.82. The van der Waals surface area contributed by atoms with Gasteiger partial charge >= 0.3 is 0 Å². The van der Waals surface area contributed by atoms with Gasteiger partial charge in [0.15, 0.2) is 11.5 Å². The van der Waals surface area contributed by atoms with Crippen molar-refractivity contribution < 1.29 is 14.3 Å². The van der Waals surface area contributed by atoms with Crippen LogP contribution in [0.2, 0.25) is 0 Å². The summed E-state index contributed by atoms with van der Waals surface area (Å²) in [7, 11) is 3.23. The number of nitrogens with one attached hydrogen (secondary N) is 1. The topological polar surface area (TPSA) is 50.8 Å². The normalized spacial score (nSPS) is 18.0. The van der Waals surface area contributed by atoms with Crippen LogP contribution in [0.15, 0.2) is 18.2 Å². The molecule has 1 aliphatic heterocycles. The van der Waals surface area contributed by atoms with E-state index in [1.54, 1.807) is 14.2 Å². The van der Waals surface area contributed by atoms with E-state index in [9.17, 15) is 4.79 Å². The summed E-state index contributed by atoms with van der Waals surface area (Å²) in [6, 6.07) is 5.75. The van der Waals surface area contributed by atoms with Crippen LogP contribution in [0.3, 0.4) is 0 Å². The molecule has 1 saturated heterocycles. The van der Waals surface area contributed by atoms with Crippen molar-refractivity contribution in [2.45, 2.75) is 45.2 Å². The molecule has 0 bridgehead atoms. The van der Waals surface area contributed by atoms with E-state index in [-0.39, 0.29) is 11.9 Å². The summed E-state index contributed by atoms with van der Waals surface area (Å²) in [5.74, 6) is 1.52. The second-order valence-corrected chi connectivity index (χ2v) is 5.95. The molecule has 1 heterocycles. The molecule has 1 aliphatic rings. The first-order chi connectivity index (χ1) is 11.2. The summed E-state index contributed by atoms with van der Waals surface area (Å²) in [6.07, 6.45) is 4.38. The summed E-state index contributed by atoms with van der Waals surface area (Å²) in [6.45, 7) is 4.75. The Labute approximate surface area is 139 Å². The third kappa shape index (κ3) is 4.61. The number of hydrogen-bond acceptors (Lipinski definition) is 4. The third-order valence-corrected chi connectivity index (χ3v) is 4.38. The van der Waals surface area contributed by atoms with Gasteiger partial charge in [0.1, 0.15) is 0 Å². The van der Waals surface area contributed by atoms with E-state index < -0.39 is 0 Å². The second kappa shape index (κ2) is 8.77. The number of carbonyl (C=O) groups excluding carboxylic acids is 1. The van der Waals surface area contributed by atoms with Crippen LogP contribution in [0.4, 0.5) is 0 Å². The van der Waals surface area contributed by atoms with Gasteiger partial charge in [-0.25, -0.2) is 0 Å². The number of unbranched alkanes of at least 4 members (excludes halogenated alkanes) is 1. The van der Waals surface area contributed by atoms with E-state index in [0.29, 0.717) is 18.0 Å². The van der Waals surface area contributed by atoms with Gasteiger partial charge in [-0.2, -0.15) is 0 Å². The zero-order chi connectivity index (χ0) is 16.7. The molecule has 0 aliphatic carbocycles. The number of nitrogens with zero attached hydrogens (tertiary/aromatic N) is 1. The van der Waals surface area contributed by atoms with Gasteiger partial charge in [-0.3, -0.25) is 9.69 Å². The first-order valence-corrected chi connectivity index (χ1v) is 8.42. The average molecular weight is 320 g/mol. The van der Waals surface area contributed by atoms with Gasteiger partial charge in [0.05, 0.1) is 20.3 Å². The fraction of sp³-hybridized carbons (Fsp3) is 0.611. The van der Waals surface area contributed by atoms with Crippen LogP contribution in [0.1, 0.15) is 38.2 Å². The lowest BCUT2D eigenvalue weighted by atomic mass is 10.1. The van der Waals surface area contributed by atoms with Gasteiger partial charge in [-0.1, -0.05) is 19.4 Å². The van der Waals surface area contributed by atoms with E-state index in [1.165, 1.54) is 0 Å². The van der Waals surface area contributed by atoms with E-state index >= 15 is 0 Å². The molecule has 1 aromatic rings. The summed E-state index contributed by atoms with van der Waals surface area (Å²) < 4.78 is 10.5. The predicted octanol–water partition coefficient (Wildman–Crippen LogP) is 2.58. The molecular weight excluding hydrogens is 292 g/mol. The Kier molecular flexibility index (Phi) is 6.71.